The van der Waals surface area contributed by atoms with Gasteiger partial charge in [0, 0.05) is 37.8 Å². The van der Waals surface area contributed by atoms with Gasteiger partial charge >= 0.3 is 6.03 Å². The van der Waals surface area contributed by atoms with E-state index in [2.05, 4.69) is 21.3 Å². The number of sulfone groups is 1. The highest BCUT2D eigenvalue weighted by Crippen LogP contribution is 2.05. The molecule has 7 heteroatoms. The van der Waals surface area contributed by atoms with Crippen LogP contribution in [0.4, 0.5) is 4.79 Å². The fraction of sp³-hybridized carbons (Fsp3) is 0.615. The Morgan fingerprint density at radius 1 is 1.45 bits per heavy atom. The van der Waals surface area contributed by atoms with Crippen molar-refractivity contribution in [2.75, 3.05) is 18.6 Å². The maximum atomic E-state index is 11.5. The Morgan fingerprint density at radius 3 is 2.70 bits per heavy atom. The number of nitrogens with zero attached hydrogens (tertiary/aromatic N) is 1. The van der Waals surface area contributed by atoms with E-state index in [-0.39, 0.29) is 24.4 Å². The topological polar surface area (TPSA) is 80.2 Å². The van der Waals surface area contributed by atoms with Crippen molar-refractivity contribution in [1.82, 2.24) is 15.2 Å². The number of aromatic nitrogens is 1. The summed E-state index contributed by atoms with van der Waals surface area (Å²) in [5.74, 6) is -0.0435. The zero-order valence-electron chi connectivity index (χ0n) is 12.2. The number of carbonyl (C=O) groups excluding carboxylic acids is 1. The van der Waals surface area contributed by atoms with Crippen LogP contribution in [0.15, 0.2) is 18.3 Å². The van der Waals surface area contributed by atoms with Crippen LogP contribution in [0.3, 0.4) is 0 Å². The Balaban J connectivity index is 2.23. The highest BCUT2D eigenvalue weighted by atomic mass is 32.2. The van der Waals surface area contributed by atoms with Crippen LogP contribution in [0, 0.1) is 0 Å². The molecule has 0 saturated carbocycles. The van der Waals surface area contributed by atoms with Crippen LogP contribution in [-0.2, 0) is 23.3 Å². The third-order valence-electron chi connectivity index (χ3n) is 3.02. The fourth-order valence-corrected chi connectivity index (χ4v) is 2.29. The third kappa shape index (κ3) is 6.60. The van der Waals surface area contributed by atoms with Crippen molar-refractivity contribution in [2.24, 2.45) is 7.05 Å². The summed E-state index contributed by atoms with van der Waals surface area (Å²) in [5.41, 5.74) is 1.22. The number of rotatable bonds is 7. The molecule has 2 amide bonds. The van der Waals surface area contributed by atoms with E-state index in [0.29, 0.717) is 0 Å². The zero-order valence-corrected chi connectivity index (χ0v) is 13.0. The molecule has 0 fully saturated rings. The molecule has 0 aliphatic rings. The molecule has 0 spiro atoms. The first-order valence-electron chi connectivity index (χ1n) is 6.60. The molecule has 20 heavy (non-hydrogen) atoms. The Bertz CT molecular complexity index is 537. The molecule has 1 aromatic heterocycles. The molecule has 1 rings (SSSR count). The van der Waals surface area contributed by atoms with Crippen LogP contribution in [0.1, 0.15) is 19.0 Å². The van der Waals surface area contributed by atoms with Gasteiger partial charge in [0.25, 0.3) is 0 Å². The van der Waals surface area contributed by atoms with Gasteiger partial charge in [-0.15, -0.1) is 0 Å². The van der Waals surface area contributed by atoms with Gasteiger partial charge in [-0.25, -0.2) is 13.2 Å². The van der Waals surface area contributed by atoms with Crippen molar-refractivity contribution in [3.8, 4) is 0 Å². The molecule has 2 N–H and O–H groups in total. The Labute approximate surface area is 120 Å². The minimum atomic E-state index is -3.04. The summed E-state index contributed by atoms with van der Waals surface area (Å²) >= 11 is 0. The van der Waals surface area contributed by atoms with Crippen molar-refractivity contribution in [3.63, 3.8) is 0 Å². The summed E-state index contributed by atoms with van der Waals surface area (Å²) in [6.45, 7) is 2.06. The smallest absolute Gasteiger partial charge is 0.315 e. The number of hydrogen-bond donors (Lipinski definition) is 2. The van der Waals surface area contributed by atoms with Crippen LogP contribution >= 0.6 is 0 Å². The second-order valence-corrected chi connectivity index (χ2v) is 7.34. The summed E-state index contributed by atoms with van der Waals surface area (Å²) < 4.78 is 23.9. The highest BCUT2D eigenvalue weighted by Gasteiger charge is 2.09. The molecule has 0 unspecified atom stereocenters. The highest BCUT2D eigenvalue weighted by molar-refractivity contribution is 7.90. The van der Waals surface area contributed by atoms with E-state index in [0.717, 1.165) is 19.1 Å². The average Bonchev–Trinajstić information content (AvgIpc) is 2.70. The number of carbonyl (C=O) groups is 1. The van der Waals surface area contributed by atoms with Gasteiger partial charge in [-0.3, -0.25) is 0 Å². The van der Waals surface area contributed by atoms with Crippen LogP contribution in [0.5, 0.6) is 0 Å². The lowest BCUT2D eigenvalue weighted by Gasteiger charge is -2.14. The first-order chi connectivity index (χ1) is 9.28. The molecule has 1 atom stereocenters. The van der Waals surface area contributed by atoms with Crippen LogP contribution < -0.4 is 10.6 Å². The second-order valence-electron chi connectivity index (χ2n) is 5.08. The van der Waals surface area contributed by atoms with E-state index < -0.39 is 9.84 Å². The zero-order chi connectivity index (χ0) is 15.2. The summed E-state index contributed by atoms with van der Waals surface area (Å²) in [4.78, 5) is 11.5. The van der Waals surface area contributed by atoms with Crippen molar-refractivity contribution >= 4 is 15.9 Å². The van der Waals surface area contributed by atoms with Crippen molar-refractivity contribution < 1.29 is 13.2 Å². The Hall–Kier alpha value is -1.50. The molecule has 0 aliphatic carbocycles. The molecule has 1 heterocycles. The standard InChI is InChI=1S/C13H23N3O3S/c1-11(6-7-12-5-4-9-16(12)2)15-13(17)14-8-10-20(3,18)19/h4-5,9,11H,6-8,10H2,1-3H3,(H2,14,15,17)/t11-/m0/s1. The molecule has 0 aliphatic heterocycles. The number of nitrogens with one attached hydrogen (secondary N) is 2. The molecular formula is C13H23N3O3S. The van der Waals surface area contributed by atoms with E-state index in [9.17, 15) is 13.2 Å². The van der Waals surface area contributed by atoms with Gasteiger partial charge in [0.2, 0.25) is 0 Å². The predicted octanol–water partition coefficient (Wildman–Crippen LogP) is 0.690. The molecule has 0 aromatic carbocycles. The van der Waals surface area contributed by atoms with Gasteiger partial charge in [0.15, 0.2) is 0 Å². The van der Waals surface area contributed by atoms with Crippen LogP contribution in [0.25, 0.3) is 0 Å². The SMILES string of the molecule is C[C@@H](CCc1cccn1C)NC(=O)NCCS(C)(=O)=O. The normalized spacial score (nSPS) is 12.9. The molecule has 1 aromatic rings. The van der Waals surface area contributed by atoms with Gasteiger partial charge in [-0.2, -0.15) is 0 Å². The molecular weight excluding hydrogens is 278 g/mol. The van der Waals surface area contributed by atoms with E-state index in [1.54, 1.807) is 0 Å². The summed E-state index contributed by atoms with van der Waals surface area (Å²) in [6.07, 6.45) is 4.85. The Kier molecular flexibility index (Phi) is 6.06. The monoisotopic (exact) mass is 301 g/mol. The molecule has 0 saturated heterocycles. The van der Waals surface area contributed by atoms with Gasteiger partial charge in [-0.1, -0.05) is 0 Å². The lowest BCUT2D eigenvalue weighted by Crippen LogP contribution is -2.42. The van der Waals surface area contributed by atoms with E-state index in [1.165, 1.54) is 5.69 Å². The summed E-state index contributed by atoms with van der Waals surface area (Å²) in [6, 6.07) is 3.75. The van der Waals surface area contributed by atoms with E-state index in [4.69, 9.17) is 0 Å². The number of aryl methyl sites for hydroxylation is 2. The number of hydrogen-bond acceptors (Lipinski definition) is 3. The molecule has 114 valence electrons. The van der Waals surface area contributed by atoms with E-state index >= 15 is 0 Å². The number of amides is 2. The van der Waals surface area contributed by atoms with Gasteiger partial charge in [0.1, 0.15) is 9.84 Å². The van der Waals surface area contributed by atoms with Crippen molar-refractivity contribution in [1.29, 1.82) is 0 Å². The van der Waals surface area contributed by atoms with Gasteiger partial charge in [0.05, 0.1) is 5.75 Å². The van der Waals surface area contributed by atoms with Crippen molar-refractivity contribution in [2.45, 2.75) is 25.8 Å². The number of urea groups is 1. The largest absolute Gasteiger partial charge is 0.354 e. The molecule has 6 nitrogen and oxygen atoms in total. The predicted molar refractivity (Wildman–Crippen MR) is 79.4 cm³/mol. The minimum absolute atomic E-state index is 0.0307. The lowest BCUT2D eigenvalue weighted by molar-refractivity contribution is 0.238. The Morgan fingerprint density at radius 2 is 2.15 bits per heavy atom. The van der Waals surface area contributed by atoms with Gasteiger partial charge in [-0.05, 0) is 31.9 Å². The second kappa shape index (κ2) is 7.33. The average molecular weight is 301 g/mol. The summed E-state index contributed by atoms with van der Waals surface area (Å²) in [5, 5.41) is 5.33. The van der Waals surface area contributed by atoms with Crippen LogP contribution in [-0.4, -0.2) is 43.6 Å². The lowest BCUT2D eigenvalue weighted by atomic mass is 10.1. The maximum Gasteiger partial charge on any atom is 0.315 e. The maximum absolute atomic E-state index is 11.5. The minimum Gasteiger partial charge on any atom is -0.354 e. The van der Waals surface area contributed by atoms with Crippen LogP contribution in [0.2, 0.25) is 0 Å². The first-order valence-corrected chi connectivity index (χ1v) is 8.66. The fourth-order valence-electron chi connectivity index (χ4n) is 1.82. The van der Waals surface area contributed by atoms with Crippen molar-refractivity contribution in [3.05, 3.63) is 24.0 Å². The molecule has 0 bridgehead atoms. The quantitative estimate of drug-likeness (QED) is 0.777. The van der Waals surface area contributed by atoms with Gasteiger partial charge < -0.3 is 15.2 Å². The first kappa shape index (κ1) is 16.6. The third-order valence-corrected chi connectivity index (χ3v) is 3.97. The summed E-state index contributed by atoms with van der Waals surface area (Å²) in [7, 11) is -1.05. The molecule has 0 radical (unpaired) electrons. The van der Waals surface area contributed by atoms with E-state index in [1.807, 2.05) is 26.2 Å².